The molecule has 0 saturated heterocycles. The van der Waals surface area contributed by atoms with Crippen LogP contribution in [0.25, 0.3) is 0 Å². The fraction of sp³-hybridized carbons (Fsp3) is 0.381. The lowest BCUT2D eigenvalue weighted by atomic mass is 9.62. The number of allylic oxidation sites excluding steroid dienone is 2. The van der Waals surface area contributed by atoms with Crippen LogP contribution in [0, 0.1) is 5.92 Å². The predicted octanol–water partition coefficient (Wildman–Crippen LogP) is 4.53. The molecule has 3 aliphatic rings. The number of halogens is 1. The molecule has 0 radical (unpaired) electrons. The fourth-order valence-corrected chi connectivity index (χ4v) is 4.94. The van der Waals surface area contributed by atoms with E-state index in [1.165, 1.54) is 0 Å². The highest BCUT2D eigenvalue weighted by atomic mass is 35.5. The van der Waals surface area contributed by atoms with Crippen LogP contribution in [0.2, 0.25) is 5.02 Å². The minimum Gasteiger partial charge on any atom is -0.505 e. The van der Waals surface area contributed by atoms with Crippen molar-refractivity contribution < 1.29 is 15.0 Å². The normalized spacial score (nSPS) is 27.7. The molecule has 2 atom stereocenters. The van der Waals surface area contributed by atoms with Crippen LogP contribution in [0.1, 0.15) is 37.7 Å². The van der Waals surface area contributed by atoms with Gasteiger partial charge in [-0.2, -0.15) is 0 Å². The molecule has 26 heavy (non-hydrogen) atoms. The second kappa shape index (κ2) is 6.51. The average molecular weight is 372 g/mol. The number of aliphatic hydroxyl groups is 1. The molecule has 1 fully saturated rings. The fourth-order valence-electron chi connectivity index (χ4n) is 4.74. The molecule has 4 nitrogen and oxygen atoms in total. The van der Waals surface area contributed by atoms with Crippen molar-refractivity contribution in [3.8, 4) is 0 Å². The third-order valence-corrected chi connectivity index (χ3v) is 6.33. The highest BCUT2D eigenvalue weighted by Crippen LogP contribution is 2.49. The van der Waals surface area contributed by atoms with Gasteiger partial charge in [0, 0.05) is 11.4 Å². The van der Waals surface area contributed by atoms with Crippen LogP contribution in [-0.2, 0) is 11.2 Å². The molecule has 136 valence electrons. The number of aliphatic carboxylic acids is 1. The molecule has 1 aromatic carbocycles. The minimum atomic E-state index is -1.08. The Bertz CT molecular complexity index is 855. The van der Waals surface area contributed by atoms with Gasteiger partial charge in [-0.25, -0.2) is 4.79 Å². The van der Waals surface area contributed by atoms with Crippen LogP contribution in [0.15, 0.2) is 59.0 Å². The SMILES string of the molecule is O=C(O)C1=C2C=CCC3CCCCC23NC(Cc2ccccc2Cl)=C1O. The average Bonchev–Trinajstić information content (AvgIpc) is 2.62. The van der Waals surface area contributed by atoms with Crippen molar-refractivity contribution in [1.82, 2.24) is 5.32 Å². The van der Waals surface area contributed by atoms with Crippen molar-refractivity contribution in [3.63, 3.8) is 0 Å². The Morgan fingerprint density at radius 1 is 1.31 bits per heavy atom. The first-order chi connectivity index (χ1) is 12.5. The summed E-state index contributed by atoms with van der Waals surface area (Å²) in [6, 6.07) is 7.46. The second-order valence-corrected chi connectivity index (χ2v) is 7.77. The quantitative estimate of drug-likeness (QED) is 0.730. The number of hydrogen-bond donors (Lipinski definition) is 3. The van der Waals surface area contributed by atoms with Gasteiger partial charge in [0.15, 0.2) is 0 Å². The largest absolute Gasteiger partial charge is 0.505 e. The van der Waals surface area contributed by atoms with E-state index in [1.54, 1.807) is 0 Å². The van der Waals surface area contributed by atoms with E-state index in [2.05, 4.69) is 5.32 Å². The van der Waals surface area contributed by atoms with Gasteiger partial charge >= 0.3 is 5.97 Å². The lowest BCUT2D eigenvalue weighted by molar-refractivity contribution is -0.132. The third kappa shape index (κ3) is 2.64. The number of benzene rings is 1. The molecule has 2 aliphatic carbocycles. The Hall–Kier alpha value is -2.20. The zero-order valence-corrected chi connectivity index (χ0v) is 15.2. The molecular weight excluding hydrogens is 350 g/mol. The van der Waals surface area contributed by atoms with E-state index < -0.39 is 11.5 Å². The molecule has 2 unspecified atom stereocenters. The topological polar surface area (TPSA) is 69.6 Å². The molecule has 1 aromatic rings. The van der Waals surface area contributed by atoms with E-state index in [4.69, 9.17) is 11.6 Å². The lowest BCUT2D eigenvalue weighted by Gasteiger charge is -2.51. The summed E-state index contributed by atoms with van der Waals surface area (Å²) in [5.41, 5.74) is 1.78. The molecule has 1 spiro atoms. The van der Waals surface area contributed by atoms with Crippen LogP contribution in [-0.4, -0.2) is 21.7 Å². The lowest BCUT2D eigenvalue weighted by Crippen LogP contribution is -2.57. The monoisotopic (exact) mass is 371 g/mol. The predicted molar refractivity (Wildman–Crippen MR) is 101 cm³/mol. The van der Waals surface area contributed by atoms with Gasteiger partial charge in [-0.15, -0.1) is 0 Å². The number of dihydropyridines is 1. The van der Waals surface area contributed by atoms with Crippen molar-refractivity contribution in [2.45, 2.75) is 44.1 Å². The summed E-state index contributed by atoms with van der Waals surface area (Å²) in [4.78, 5) is 12.0. The molecular formula is C21H22ClNO3. The number of carboxylic acid groups (broad SMARTS) is 1. The molecule has 1 saturated carbocycles. The molecule has 1 aliphatic heterocycles. The number of rotatable bonds is 3. The molecule has 3 N–H and O–H groups in total. The molecule has 4 rings (SSSR count). The first kappa shape index (κ1) is 17.2. The van der Waals surface area contributed by atoms with Gasteiger partial charge in [0.25, 0.3) is 0 Å². The van der Waals surface area contributed by atoms with E-state index in [-0.39, 0.29) is 11.3 Å². The van der Waals surface area contributed by atoms with Crippen LogP contribution < -0.4 is 5.32 Å². The van der Waals surface area contributed by atoms with Gasteiger partial charge in [-0.1, -0.05) is 54.8 Å². The standard InChI is InChI=1S/C21H22ClNO3/c22-16-10-2-1-6-13(16)12-17-19(24)18(20(25)26)15-9-5-8-14-7-3-4-11-21(14,15)23-17/h1-2,5-6,9-10,14,23-24H,3-4,7-8,11-12H2,(H,25,26). The number of carbonyl (C=O) groups is 1. The summed E-state index contributed by atoms with van der Waals surface area (Å²) in [6.45, 7) is 0. The summed E-state index contributed by atoms with van der Waals surface area (Å²) in [7, 11) is 0. The third-order valence-electron chi connectivity index (χ3n) is 5.96. The van der Waals surface area contributed by atoms with Crippen LogP contribution in [0.3, 0.4) is 0 Å². The Labute approximate surface area is 157 Å². The van der Waals surface area contributed by atoms with E-state index in [0.29, 0.717) is 23.1 Å². The van der Waals surface area contributed by atoms with Crippen molar-refractivity contribution in [1.29, 1.82) is 0 Å². The van der Waals surface area contributed by atoms with E-state index in [0.717, 1.165) is 43.2 Å². The summed E-state index contributed by atoms with van der Waals surface area (Å²) in [6.07, 6.45) is 9.40. The van der Waals surface area contributed by atoms with Gasteiger partial charge in [0.1, 0.15) is 11.3 Å². The maximum atomic E-state index is 12.0. The van der Waals surface area contributed by atoms with Gasteiger partial charge in [0.2, 0.25) is 0 Å². The van der Waals surface area contributed by atoms with Crippen molar-refractivity contribution in [3.05, 3.63) is 69.6 Å². The maximum absolute atomic E-state index is 12.0. The van der Waals surface area contributed by atoms with Gasteiger partial charge < -0.3 is 15.5 Å². The molecule has 1 heterocycles. The number of aliphatic hydroxyl groups excluding tert-OH is 1. The summed E-state index contributed by atoms with van der Waals surface area (Å²) in [5.74, 6) is -0.903. The zero-order chi connectivity index (χ0) is 18.3. The van der Waals surface area contributed by atoms with Crippen molar-refractivity contribution in [2.24, 2.45) is 5.92 Å². The minimum absolute atomic E-state index is 0.0358. The summed E-state index contributed by atoms with van der Waals surface area (Å²) >= 11 is 6.29. The number of nitrogens with one attached hydrogen (secondary N) is 1. The molecule has 0 amide bonds. The Kier molecular flexibility index (Phi) is 4.31. The number of hydrogen-bond acceptors (Lipinski definition) is 3. The van der Waals surface area contributed by atoms with Crippen molar-refractivity contribution >= 4 is 17.6 Å². The highest BCUT2D eigenvalue weighted by Gasteiger charge is 2.49. The van der Waals surface area contributed by atoms with E-state index in [9.17, 15) is 15.0 Å². The number of carboxylic acids is 1. The Balaban J connectivity index is 1.84. The van der Waals surface area contributed by atoms with Gasteiger partial charge in [-0.05, 0) is 42.4 Å². The summed E-state index contributed by atoms with van der Waals surface area (Å²) < 4.78 is 0. The highest BCUT2D eigenvalue weighted by molar-refractivity contribution is 6.31. The van der Waals surface area contributed by atoms with E-state index in [1.807, 2.05) is 36.4 Å². The van der Waals surface area contributed by atoms with Crippen molar-refractivity contribution in [2.75, 3.05) is 0 Å². The first-order valence-electron chi connectivity index (χ1n) is 9.11. The smallest absolute Gasteiger partial charge is 0.339 e. The zero-order valence-electron chi connectivity index (χ0n) is 14.5. The second-order valence-electron chi connectivity index (χ2n) is 7.37. The Morgan fingerprint density at radius 3 is 2.88 bits per heavy atom. The van der Waals surface area contributed by atoms with Crippen LogP contribution in [0.4, 0.5) is 0 Å². The molecule has 0 aromatic heterocycles. The Morgan fingerprint density at radius 2 is 2.12 bits per heavy atom. The molecule has 0 bridgehead atoms. The maximum Gasteiger partial charge on any atom is 0.339 e. The summed E-state index contributed by atoms with van der Waals surface area (Å²) in [5, 5.41) is 24.8. The van der Waals surface area contributed by atoms with E-state index >= 15 is 0 Å². The van der Waals surface area contributed by atoms with Crippen LogP contribution >= 0.6 is 11.6 Å². The first-order valence-corrected chi connectivity index (χ1v) is 9.49. The van der Waals surface area contributed by atoms with Crippen LogP contribution in [0.5, 0.6) is 0 Å². The van der Waals surface area contributed by atoms with Gasteiger partial charge in [0.05, 0.1) is 11.2 Å². The molecule has 5 heteroatoms. The van der Waals surface area contributed by atoms with Gasteiger partial charge in [-0.3, -0.25) is 0 Å².